The smallest absolute Gasteiger partial charge is 0.0686 e. The predicted octanol–water partition coefficient (Wildman–Crippen LogP) is 3.39. The van der Waals surface area contributed by atoms with Crippen molar-refractivity contribution < 1.29 is 0 Å². The molecule has 0 saturated carbocycles. The lowest BCUT2D eigenvalue weighted by Crippen LogP contribution is -2.07. The molecule has 0 aliphatic carbocycles. The summed E-state index contributed by atoms with van der Waals surface area (Å²) in [6.45, 7) is 11.9. The van der Waals surface area contributed by atoms with Gasteiger partial charge in [-0.1, -0.05) is 23.8 Å². The third kappa shape index (κ3) is 3.89. The molecule has 0 spiro atoms. The molecular formula is C14H22N2. The van der Waals surface area contributed by atoms with E-state index < -0.39 is 0 Å². The van der Waals surface area contributed by atoms with Crippen LogP contribution in [-0.4, -0.2) is 12.8 Å². The van der Waals surface area contributed by atoms with Crippen LogP contribution in [0.3, 0.4) is 0 Å². The maximum absolute atomic E-state index is 5.54. The van der Waals surface area contributed by atoms with Crippen molar-refractivity contribution in [3.63, 3.8) is 0 Å². The van der Waals surface area contributed by atoms with Gasteiger partial charge in [-0.15, -0.1) is 0 Å². The molecule has 0 aliphatic rings. The highest BCUT2D eigenvalue weighted by atomic mass is 14.7. The minimum absolute atomic E-state index is 0.934. The van der Waals surface area contributed by atoms with Gasteiger partial charge in [-0.3, -0.25) is 4.99 Å². The van der Waals surface area contributed by atoms with E-state index in [9.17, 15) is 0 Å². The molecule has 0 rings (SSSR count). The van der Waals surface area contributed by atoms with Crippen LogP contribution < -0.4 is 5.73 Å². The van der Waals surface area contributed by atoms with Crippen LogP contribution in [0.15, 0.2) is 52.2 Å². The lowest BCUT2D eigenvalue weighted by molar-refractivity contribution is 1.31. The Labute approximate surface area is 99.0 Å². The fourth-order valence-electron chi connectivity index (χ4n) is 1.32. The number of allylic oxidation sites excluding steroid dienone is 6. The van der Waals surface area contributed by atoms with E-state index in [1.165, 1.54) is 5.57 Å². The first-order chi connectivity index (χ1) is 7.47. The molecular weight excluding hydrogens is 196 g/mol. The molecule has 0 heterocycles. The summed E-state index contributed by atoms with van der Waals surface area (Å²) in [6.07, 6.45) is 5.50. The number of nitrogens with zero attached hydrogens (tertiary/aromatic N) is 1. The molecule has 0 aromatic heterocycles. The zero-order chi connectivity index (χ0) is 12.7. The van der Waals surface area contributed by atoms with Crippen LogP contribution in [0.25, 0.3) is 0 Å². The second kappa shape index (κ2) is 6.83. The third-order valence-electron chi connectivity index (χ3n) is 2.33. The maximum atomic E-state index is 5.54. The van der Waals surface area contributed by atoms with Crippen molar-refractivity contribution >= 4 is 5.71 Å². The Bertz CT molecular complexity index is 376. The summed E-state index contributed by atoms with van der Waals surface area (Å²) in [4.78, 5) is 4.30. The van der Waals surface area contributed by atoms with Gasteiger partial charge in [-0.25, -0.2) is 0 Å². The summed E-state index contributed by atoms with van der Waals surface area (Å²) in [5.74, 6) is 0. The first kappa shape index (κ1) is 14.4. The molecule has 0 radical (unpaired) electrons. The van der Waals surface area contributed by atoms with E-state index in [1.54, 1.807) is 13.2 Å². The van der Waals surface area contributed by atoms with E-state index in [1.807, 2.05) is 19.9 Å². The third-order valence-corrected chi connectivity index (χ3v) is 2.33. The van der Waals surface area contributed by atoms with Gasteiger partial charge in [0.15, 0.2) is 0 Å². The van der Waals surface area contributed by atoms with E-state index in [4.69, 9.17) is 5.73 Å². The van der Waals surface area contributed by atoms with Gasteiger partial charge in [-0.2, -0.15) is 0 Å². The van der Waals surface area contributed by atoms with Crippen LogP contribution in [0.2, 0.25) is 0 Å². The molecule has 2 nitrogen and oxygen atoms in total. The standard InChI is InChI=1S/C14H22N2/c1-7-11(4)8-13(10(2)3)14(16-6)12(5)9-15/h7-9H,1,15H2,2-6H3/b11-8+,12-9?,16-14?. The number of aliphatic imine (C=N–C) groups is 1. The summed E-state index contributed by atoms with van der Waals surface area (Å²) < 4.78 is 0. The fourth-order valence-corrected chi connectivity index (χ4v) is 1.32. The molecule has 16 heavy (non-hydrogen) atoms. The molecule has 88 valence electrons. The summed E-state index contributed by atoms with van der Waals surface area (Å²) in [5.41, 5.74) is 10.9. The second-order valence-electron chi connectivity index (χ2n) is 3.93. The maximum Gasteiger partial charge on any atom is 0.0686 e. The minimum Gasteiger partial charge on any atom is -0.404 e. The molecule has 0 aliphatic heterocycles. The van der Waals surface area contributed by atoms with Gasteiger partial charge < -0.3 is 5.73 Å². The largest absolute Gasteiger partial charge is 0.404 e. The molecule has 0 aromatic rings. The summed E-state index contributed by atoms with van der Waals surface area (Å²) in [7, 11) is 1.78. The Balaban J connectivity index is 5.59. The monoisotopic (exact) mass is 218 g/mol. The number of rotatable bonds is 4. The molecule has 0 aromatic carbocycles. The van der Waals surface area contributed by atoms with Crippen molar-refractivity contribution in [2.24, 2.45) is 10.7 Å². The lowest BCUT2D eigenvalue weighted by Gasteiger charge is -2.10. The summed E-state index contributed by atoms with van der Waals surface area (Å²) in [6, 6.07) is 0. The molecule has 0 unspecified atom stereocenters. The van der Waals surface area contributed by atoms with Gasteiger partial charge >= 0.3 is 0 Å². The van der Waals surface area contributed by atoms with Gasteiger partial charge in [0.1, 0.15) is 0 Å². The molecule has 0 amide bonds. The van der Waals surface area contributed by atoms with E-state index in [0.29, 0.717) is 0 Å². The molecule has 0 saturated heterocycles. The fraction of sp³-hybridized carbons (Fsp3) is 0.357. The average Bonchev–Trinajstić information content (AvgIpc) is 2.27. The highest BCUT2D eigenvalue weighted by molar-refractivity contribution is 6.14. The topological polar surface area (TPSA) is 38.4 Å². The quantitative estimate of drug-likeness (QED) is 0.570. The molecule has 2 heteroatoms. The molecule has 0 atom stereocenters. The first-order valence-electron chi connectivity index (χ1n) is 5.32. The first-order valence-corrected chi connectivity index (χ1v) is 5.32. The molecule has 0 bridgehead atoms. The number of hydrogen-bond acceptors (Lipinski definition) is 2. The van der Waals surface area contributed by atoms with E-state index in [2.05, 4.69) is 31.5 Å². The summed E-state index contributed by atoms with van der Waals surface area (Å²) >= 11 is 0. The van der Waals surface area contributed by atoms with Crippen LogP contribution in [0.1, 0.15) is 27.7 Å². The van der Waals surface area contributed by atoms with Gasteiger partial charge in [-0.05, 0) is 51.1 Å². The van der Waals surface area contributed by atoms with Crippen molar-refractivity contribution in [3.8, 4) is 0 Å². The number of hydrogen-bond donors (Lipinski definition) is 1. The van der Waals surface area contributed by atoms with Crippen LogP contribution in [-0.2, 0) is 0 Å². The van der Waals surface area contributed by atoms with Crippen LogP contribution in [0.4, 0.5) is 0 Å². The van der Waals surface area contributed by atoms with Crippen LogP contribution in [0.5, 0.6) is 0 Å². The zero-order valence-electron chi connectivity index (χ0n) is 11.0. The van der Waals surface area contributed by atoms with Crippen molar-refractivity contribution in [2.45, 2.75) is 27.7 Å². The van der Waals surface area contributed by atoms with Crippen LogP contribution in [0, 0.1) is 0 Å². The zero-order valence-corrected chi connectivity index (χ0v) is 11.0. The van der Waals surface area contributed by atoms with Gasteiger partial charge in [0, 0.05) is 7.05 Å². The molecule has 2 N–H and O–H groups in total. The number of nitrogens with two attached hydrogens (primary N) is 1. The predicted molar refractivity (Wildman–Crippen MR) is 73.6 cm³/mol. The van der Waals surface area contributed by atoms with Crippen molar-refractivity contribution in [3.05, 3.63) is 47.2 Å². The van der Waals surface area contributed by atoms with Gasteiger partial charge in [0.25, 0.3) is 0 Å². The second-order valence-corrected chi connectivity index (χ2v) is 3.93. The van der Waals surface area contributed by atoms with Crippen molar-refractivity contribution in [1.29, 1.82) is 0 Å². The van der Waals surface area contributed by atoms with E-state index in [-0.39, 0.29) is 0 Å². The Morgan fingerprint density at radius 2 is 1.75 bits per heavy atom. The van der Waals surface area contributed by atoms with E-state index in [0.717, 1.165) is 22.4 Å². The summed E-state index contributed by atoms with van der Waals surface area (Å²) in [5, 5.41) is 0. The van der Waals surface area contributed by atoms with Crippen molar-refractivity contribution in [1.82, 2.24) is 0 Å². The normalized spacial score (nSPS) is 13.7. The molecule has 0 fully saturated rings. The van der Waals surface area contributed by atoms with Gasteiger partial charge in [0.05, 0.1) is 5.71 Å². The highest BCUT2D eigenvalue weighted by Crippen LogP contribution is 2.15. The average molecular weight is 218 g/mol. The lowest BCUT2D eigenvalue weighted by atomic mass is 9.98. The highest BCUT2D eigenvalue weighted by Gasteiger charge is 2.07. The SMILES string of the molecule is C=C/C(C)=C/C(C(=NC)C(C)=CN)=C(C)C. The van der Waals surface area contributed by atoms with Crippen molar-refractivity contribution in [2.75, 3.05) is 7.05 Å². The Hall–Kier alpha value is -1.57. The Morgan fingerprint density at radius 1 is 1.19 bits per heavy atom. The van der Waals surface area contributed by atoms with E-state index >= 15 is 0 Å². The van der Waals surface area contributed by atoms with Crippen LogP contribution >= 0.6 is 0 Å². The Kier molecular flexibility index (Phi) is 6.16. The Morgan fingerprint density at radius 3 is 2.06 bits per heavy atom. The minimum atomic E-state index is 0.934. The van der Waals surface area contributed by atoms with Gasteiger partial charge in [0.2, 0.25) is 0 Å².